The predicted molar refractivity (Wildman–Crippen MR) is 68.9 cm³/mol. The Bertz CT molecular complexity index is 432. The van der Waals surface area contributed by atoms with E-state index in [2.05, 4.69) is 48.5 Å². The molecule has 0 radical (unpaired) electrons. The highest BCUT2D eigenvalue weighted by atomic mass is 16.3. The largest absolute Gasteiger partial charge is 0.396 e. The maximum absolute atomic E-state index is 9.47. The molecular formula is C16H16O. The van der Waals surface area contributed by atoms with E-state index in [9.17, 15) is 5.11 Å². The van der Waals surface area contributed by atoms with E-state index in [0.29, 0.717) is 17.8 Å². The average Bonchev–Trinajstić information content (AvgIpc) is 3.15. The summed E-state index contributed by atoms with van der Waals surface area (Å²) in [5.74, 6) is 1.37. The summed E-state index contributed by atoms with van der Waals surface area (Å²) >= 11 is 0. The molecule has 2 aromatic rings. The van der Waals surface area contributed by atoms with Crippen LogP contribution in [0.25, 0.3) is 0 Å². The normalized spacial score (nSPS) is 26.8. The molecule has 0 aliphatic heterocycles. The van der Waals surface area contributed by atoms with Crippen molar-refractivity contribution in [2.75, 3.05) is 6.61 Å². The summed E-state index contributed by atoms with van der Waals surface area (Å²) < 4.78 is 0. The van der Waals surface area contributed by atoms with Gasteiger partial charge in [0, 0.05) is 6.61 Å². The number of aliphatic hydroxyl groups is 1. The second-order valence-electron chi connectivity index (χ2n) is 4.72. The van der Waals surface area contributed by atoms with Gasteiger partial charge in [0.2, 0.25) is 0 Å². The number of benzene rings is 2. The molecule has 2 aromatic carbocycles. The average molecular weight is 224 g/mol. The van der Waals surface area contributed by atoms with Gasteiger partial charge in [-0.1, -0.05) is 60.7 Å². The Hall–Kier alpha value is -1.60. The minimum atomic E-state index is 0.277. The van der Waals surface area contributed by atoms with Crippen molar-refractivity contribution in [3.8, 4) is 0 Å². The summed E-state index contributed by atoms with van der Waals surface area (Å²) in [6, 6.07) is 21.0. The molecule has 0 saturated heterocycles. The number of hydrogen-bond donors (Lipinski definition) is 1. The molecule has 1 unspecified atom stereocenters. The lowest BCUT2D eigenvalue weighted by Crippen LogP contribution is -1.88. The van der Waals surface area contributed by atoms with Crippen LogP contribution in [0.5, 0.6) is 0 Å². The van der Waals surface area contributed by atoms with Gasteiger partial charge in [-0.2, -0.15) is 0 Å². The third-order valence-electron chi connectivity index (χ3n) is 3.75. The number of rotatable bonds is 3. The zero-order valence-electron chi connectivity index (χ0n) is 9.66. The van der Waals surface area contributed by atoms with Gasteiger partial charge in [-0.3, -0.25) is 0 Å². The fourth-order valence-corrected chi connectivity index (χ4v) is 2.86. The van der Waals surface area contributed by atoms with Gasteiger partial charge in [0.15, 0.2) is 0 Å². The molecule has 1 heteroatoms. The molecule has 0 amide bonds. The zero-order chi connectivity index (χ0) is 11.7. The van der Waals surface area contributed by atoms with Gasteiger partial charge in [0.1, 0.15) is 0 Å². The van der Waals surface area contributed by atoms with Crippen molar-refractivity contribution in [1.82, 2.24) is 0 Å². The molecule has 0 aromatic heterocycles. The monoisotopic (exact) mass is 224 g/mol. The first-order valence-electron chi connectivity index (χ1n) is 6.12. The molecule has 1 saturated carbocycles. The highest BCUT2D eigenvalue weighted by Crippen LogP contribution is 2.59. The van der Waals surface area contributed by atoms with Gasteiger partial charge < -0.3 is 5.11 Å². The minimum absolute atomic E-state index is 0.277. The van der Waals surface area contributed by atoms with Crippen LogP contribution in [0, 0.1) is 5.92 Å². The van der Waals surface area contributed by atoms with Gasteiger partial charge in [-0.05, 0) is 28.9 Å². The van der Waals surface area contributed by atoms with Gasteiger partial charge in [-0.25, -0.2) is 0 Å². The predicted octanol–water partition coefficient (Wildman–Crippen LogP) is 3.18. The maximum atomic E-state index is 9.47. The summed E-state index contributed by atoms with van der Waals surface area (Å²) in [5.41, 5.74) is 2.70. The van der Waals surface area contributed by atoms with E-state index >= 15 is 0 Å². The molecule has 1 N–H and O–H groups in total. The Labute approximate surface area is 102 Å². The highest BCUT2D eigenvalue weighted by Gasteiger charge is 2.50. The van der Waals surface area contributed by atoms with Crippen molar-refractivity contribution >= 4 is 0 Å². The van der Waals surface area contributed by atoms with E-state index in [-0.39, 0.29) is 6.61 Å². The summed E-state index contributed by atoms with van der Waals surface area (Å²) in [6.07, 6.45) is 0. The van der Waals surface area contributed by atoms with Crippen LogP contribution in [0.2, 0.25) is 0 Å². The smallest absolute Gasteiger partial charge is 0.0471 e. The van der Waals surface area contributed by atoms with Crippen LogP contribution < -0.4 is 0 Å². The van der Waals surface area contributed by atoms with Crippen LogP contribution in [-0.4, -0.2) is 11.7 Å². The van der Waals surface area contributed by atoms with E-state index in [1.165, 1.54) is 11.1 Å². The van der Waals surface area contributed by atoms with Gasteiger partial charge in [0.25, 0.3) is 0 Å². The van der Waals surface area contributed by atoms with Crippen molar-refractivity contribution < 1.29 is 5.11 Å². The molecule has 86 valence electrons. The van der Waals surface area contributed by atoms with Crippen molar-refractivity contribution in [2.24, 2.45) is 5.92 Å². The first-order chi connectivity index (χ1) is 8.42. The molecule has 1 nitrogen and oxygen atoms in total. The van der Waals surface area contributed by atoms with Crippen LogP contribution in [0.3, 0.4) is 0 Å². The van der Waals surface area contributed by atoms with Crippen molar-refractivity contribution in [3.05, 3.63) is 71.8 Å². The van der Waals surface area contributed by atoms with Crippen molar-refractivity contribution in [1.29, 1.82) is 0 Å². The fourth-order valence-electron chi connectivity index (χ4n) is 2.86. The van der Waals surface area contributed by atoms with Crippen LogP contribution >= 0.6 is 0 Å². The van der Waals surface area contributed by atoms with Crippen LogP contribution in [0.15, 0.2) is 60.7 Å². The first-order valence-corrected chi connectivity index (χ1v) is 6.12. The standard InChI is InChI=1S/C16H16O/c17-11-14-15(12-7-3-1-4-8-12)16(14)13-9-5-2-6-10-13/h1-10,14-17H,11H2/t14?,15-,16+. The molecular weight excluding hydrogens is 208 g/mol. The Kier molecular flexibility index (Phi) is 2.69. The minimum Gasteiger partial charge on any atom is -0.396 e. The topological polar surface area (TPSA) is 20.2 Å². The first kappa shape index (κ1) is 10.5. The van der Waals surface area contributed by atoms with Crippen LogP contribution in [0.1, 0.15) is 23.0 Å². The number of aliphatic hydroxyl groups excluding tert-OH is 1. The quantitative estimate of drug-likeness (QED) is 0.849. The lowest BCUT2D eigenvalue weighted by atomic mass is 10.0. The molecule has 0 spiro atoms. The van der Waals surface area contributed by atoms with E-state index in [1.807, 2.05) is 12.1 Å². The molecule has 3 atom stereocenters. The lowest BCUT2D eigenvalue weighted by Gasteiger charge is -2.00. The summed E-state index contributed by atoms with van der Waals surface area (Å²) in [5, 5.41) is 9.47. The Morgan fingerprint density at radius 3 is 1.47 bits per heavy atom. The Morgan fingerprint density at radius 1 is 0.706 bits per heavy atom. The number of hydrogen-bond acceptors (Lipinski definition) is 1. The van der Waals surface area contributed by atoms with Crippen LogP contribution in [0.4, 0.5) is 0 Å². The molecule has 1 fully saturated rings. The van der Waals surface area contributed by atoms with E-state index in [1.54, 1.807) is 0 Å². The van der Waals surface area contributed by atoms with E-state index < -0.39 is 0 Å². The van der Waals surface area contributed by atoms with E-state index in [0.717, 1.165) is 0 Å². The molecule has 17 heavy (non-hydrogen) atoms. The lowest BCUT2D eigenvalue weighted by molar-refractivity contribution is 0.271. The van der Waals surface area contributed by atoms with Crippen molar-refractivity contribution in [3.63, 3.8) is 0 Å². The second-order valence-corrected chi connectivity index (χ2v) is 4.72. The van der Waals surface area contributed by atoms with E-state index in [4.69, 9.17) is 0 Å². The molecule has 1 aliphatic rings. The molecule has 0 heterocycles. The van der Waals surface area contributed by atoms with Crippen LogP contribution in [-0.2, 0) is 0 Å². The molecule has 3 rings (SSSR count). The third-order valence-corrected chi connectivity index (χ3v) is 3.75. The van der Waals surface area contributed by atoms with Crippen molar-refractivity contribution in [2.45, 2.75) is 11.8 Å². The molecule has 1 aliphatic carbocycles. The van der Waals surface area contributed by atoms with Gasteiger partial charge in [0.05, 0.1) is 0 Å². The SMILES string of the molecule is OCC1[C@@H](c2ccccc2)[C@H]1c1ccccc1. The second kappa shape index (κ2) is 4.34. The summed E-state index contributed by atoms with van der Waals surface area (Å²) in [7, 11) is 0. The summed E-state index contributed by atoms with van der Waals surface area (Å²) in [6.45, 7) is 0.277. The highest BCUT2D eigenvalue weighted by molar-refractivity contribution is 5.38. The third kappa shape index (κ3) is 1.87. The maximum Gasteiger partial charge on any atom is 0.0471 e. The Morgan fingerprint density at radius 2 is 1.12 bits per heavy atom. The van der Waals surface area contributed by atoms with Gasteiger partial charge >= 0.3 is 0 Å². The fraction of sp³-hybridized carbons (Fsp3) is 0.250. The summed E-state index contributed by atoms with van der Waals surface area (Å²) in [4.78, 5) is 0. The Balaban J connectivity index is 1.88. The zero-order valence-corrected chi connectivity index (χ0v) is 9.66. The molecule has 0 bridgehead atoms. The van der Waals surface area contributed by atoms with Gasteiger partial charge in [-0.15, -0.1) is 0 Å².